The van der Waals surface area contributed by atoms with Crippen molar-refractivity contribution >= 4 is 29.2 Å². The van der Waals surface area contributed by atoms with Gasteiger partial charge in [0.15, 0.2) is 0 Å². The number of halogens is 2. The lowest BCUT2D eigenvalue weighted by molar-refractivity contribution is -0.137. The highest BCUT2D eigenvalue weighted by molar-refractivity contribution is 6.56. The average molecular weight is 225 g/mol. The Labute approximate surface area is 88.9 Å². The minimum Gasteiger partial charge on any atom is -0.462 e. The maximum Gasteiger partial charge on any atom is 0.333 e. The van der Waals surface area contributed by atoms with Crippen molar-refractivity contribution in [2.24, 2.45) is 0 Å². The molecule has 0 saturated carbocycles. The molecular formula is C9H14Cl2O2. The van der Waals surface area contributed by atoms with Gasteiger partial charge >= 0.3 is 5.97 Å². The van der Waals surface area contributed by atoms with Crippen LogP contribution in [0.25, 0.3) is 0 Å². The Balaban J connectivity index is 3.33. The first-order valence-corrected chi connectivity index (χ1v) is 5.12. The molecule has 0 saturated heterocycles. The van der Waals surface area contributed by atoms with Crippen LogP contribution in [0.15, 0.2) is 10.6 Å². The van der Waals surface area contributed by atoms with Crippen molar-refractivity contribution in [1.82, 2.24) is 0 Å². The number of carbonyl (C=O) groups is 1. The molecule has 0 atom stereocenters. The predicted molar refractivity (Wildman–Crippen MR) is 54.9 cm³/mol. The molecule has 0 aromatic heterocycles. The van der Waals surface area contributed by atoms with Gasteiger partial charge in [-0.1, -0.05) is 49.4 Å². The quantitative estimate of drug-likeness (QED) is 0.393. The normalized spacial score (nSPS) is 9.46. The first kappa shape index (κ1) is 12.8. The van der Waals surface area contributed by atoms with Crippen LogP contribution in [0.4, 0.5) is 0 Å². The third-order valence-corrected chi connectivity index (χ3v) is 1.69. The van der Waals surface area contributed by atoms with Gasteiger partial charge in [0.05, 0.1) is 12.7 Å². The number of hydrogen-bond donors (Lipinski definition) is 0. The van der Waals surface area contributed by atoms with Crippen LogP contribution in [0.5, 0.6) is 0 Å². The summed E-state index contributed by atoms with van der Waals surface area (Å²) in [5.41, 5.74) is 0. The van der Waals surface area contributed by atoms with Crippen LogP contribution in [-0.4, -0.2) is 12.6 Å². The zero-order chi connectivity index (χ0) is 10.1. The molecule has 76 valence electrons. The predicted octanol–water partition coefficient (Wildman–Crippen LogP) is 3.43. The second-order valence-corrected chi connectivity index (χ2v) is 3.67. The number of carbonyl (C=O) groups excluding carboxylic acids is 1. The molecule has 0 rings (SSSR count). The molecule has 2 nitrogen and oxygen atoms in total. The molecule has 0 fully saturated rings. The molecule has 0 aliphatic carbocycles. The standard InChI is InChI=1S/C9H14Cl2O2/c1-2-3-4-5-6-13-9(12)7-8(10)11/h7H,2-6H2,1H3. The highest BCUT2D eigenvalue weighted by Crippen LogP contribution is 2.06. The third-order valence-electron chi connectivity index (χ3n) is 1.47. The number of hydrogen-bond acceptors (Lipinski definition) is 2. The third kappa shape index (κ3) is 9.71. The molecule has 0 bridgehead atoms. The molecule has 0 spiro atoms. The summed E-state index contributed by atoms with van der Waals surface area (Å²) >= 11 is 10.5. The lowest BCUT2D eigenvalue weighted by Gasteiger charge is -2.00. The summed E-state index contributed by atoms with van der Waals surface area (Å²) in [6.07, 6.45) is 5.38. The summed E-state index contributed by atoms with van der Waals surface area (Å²) in [7, 11) is 0. The first-order valence-electron chi connectivity index (χ1n) is 4.36. The van der Waals surface area contributed by atoms with E-state index in [1.54, 1.807) is 0 Å². The van der Waals surface area contributed by atoms with Crippen LogP contribution in [0.1, 0.15) is 32.6 Å². The van der Waals surface area contributed by atoms with Gasteiger partial charge in [0.2, 0.25) is 0 Å². The lowest BCUT2D eigenvalue weighted by atomic mass is 10.2. The van der Waals surface area contributed by atoms with Crippen LogP contribution in [0.2, 0.25) is 0 Å². The van der Waals surface area contributed by atoms with Gasteiger partial charge in [-0.25, -0.2) is 4.79 Å². The van der Waals surface area contributed by atoms with Crippen LogP contribution in [-0.2, 0) is 9.53 Å². The van der Waals surface area contributed by atoms with Gasteiger partial charge in [0.1, 0.15) is 4.49 Å². The number of ether oxygens (including phenoxy) is 1. The van der Waals surface area contributed by atoms with E-state index in [-0.39, 0.29) is 4.49 Å². The molecule has 0 radical (unpaired) electrons. The van der Waals surface area contributed by atoms with Gasteiger partial charge in [0.25, 0.3) is 0 Å². The van der Waals surface area contributed by atoms with E-state index >= 15 is 0 Å². The molecule has 0 aliphatic heterocycles. The number of unbranched alkanes of at least 4 members (excludes halogenated alkanes) is 3. The van der Waals surface area contributed by atoms with E-state index in [0.717, 1.165) is 18.9 Å². The molecule has 0 unspecified atom stereocenters. The summed E-state index contributed by atoms with van der Waals surface area (Å²) in [6.45, 7) is 2.57. The molecule has 0 aromatic carbocycles. The summed E-state index contributed by atoms with van der Waals surface area (Å²) in [6, 6.07) is 0. The highest BCUT2D eigenvalue weighted by Gasteiger charge is 1.98. The summed E-state index contributed by atoms with van der Waals surface area (Å²) in [4.78, 5) is 10.8. The summed E-state index contributed by atoms with van der Waals surface area (Å²) in [5.74, 6) is -0.475. The van der Waals surface area contributed by atoms with Crippen LogP contribution >= 0.6 is 23.2 Å². The minimum atomic E-state index is -0.475. The van der Waals surface area contributed by atoms with Crippen molar-refractivity contribution in [3.05, 3.63) is 10.6 Å². The second-order valence-electron chi connectivity index (χ2n) is 2.66. The van der Waals surface area contributed by atoms with E-state index in [9.17, 15) is 4.79 Å². The van der Waals surface area contributed by atoms with Gasteiger partial charge in [-0.3, -0.25) is 0 Å². The molecule has 0 amide bonds. The van der Waals surface area contributed by atoms with Crippen LogP contribution < -0.4 is 0 Å². The SMILES string of the molecule is CCCCCCOC(=O)C=C(Cl)Cl. The minimum absolute atomic E-state index is 0.0708. The van der Waals surface area contributed by atoms with E-state index in [1.807, 2.05) is 0 Å². The van der Waals surface area contributed by atoms with Gasteiger partial charge in [0, 0.05) is 0 Å². The van der Waals surface area contributed by atoms with Gasteiger partial charge in [-0.15, -0.1) is 0 Å². The largest absolute Gasteiger partial charge is 0.462 e. The zero-order valence-electron chi connectivity index (χ0n) is 7.69. The Kier molecular flexibility index (Phi) is 8.26. The van der Waals surface area contributed by atoms with Crippen molar-refractivity contribution < 1.29 is 9.53 Å². The fourth-order valence-corrected chi connectivity index (χ4v) is 1.01. The molecule has 13 heavy (non-hydrogen) atoms. The van der Waals surface area contributed by atoms with Gasteiger partial charge in [-0.2, -0.15) is 0 Å². The first-order chi connectivity index (χ1) is 6.16. The Morgan fingerprint density at radius 2 is 2.00 bits per heavy atom. The Bertz CT molecular complexity index is 174. The average Bonchev–Trinajstić information content (AvgIpc) is 2.02. The smallest absolute Gasteiger partial charge is 0.333 e. The summed E-state index contributed by atoms with van der Waals surface area (Å²) < 4.78 is 4.74. The van der Waals surface area contributed by atoms with Crippen molar-refractivity contribution in [2.75, 3.05) is 6.61 Å². The Morgan fingerprint density at radius 1 is 1.31 bits per heavy atom. The molecule has 0 aliphatic rings. The molecular weight excluding hydrogens is 211 g/mol. The van der Waals surface area contributed by atoms with Gasteiger partial charge < -0.3 is 4.74 Å². The van der Waals surface area contributed by atoms with E-state index in [2.05, 4.69) is 6.92 Å². The highest BCUT2D eigenvalue weighted by atomic mass is 35.5. The molecule has 4 heteroatoms. The number of esters is 1. The van der Waals surface area contributed by atoms with Gasteiger partial charge in [-0.05, 0) is 6.42 Å². The molecule has 0 N–H and O–H groups in total. The molecule has 0 heterocycles. The van der Waals surface area contributed by atoms with Crippen LogP contribution in [0.3, 0.4) is 0 Å². The fourth-order valence-electron chi connectivity index (χ4n) is 0.832. The summed E-state index contributed by atoms with van der Waals surface area (Å²) in [5, 5.41) is 0. The maximum atomic E-state index is 10.8. The molecule has 0 aromatic rings. The van der Waals surface area contributed by atoms with Crippen molar-refractivity contribution in [2.45, 2.75) is 32.6 Å². The van der Waals surface area contributed by atoms with Crippen molar-refractivity contribution in [3.63, 3.8) is 0 Å². The second kappa shape index (κ2) is 8.39. The Hall–Kier alpha value is -0.210. The fraction of sp³-hybridized carbons (Fsp3) is 0.667. The topological polar surface area (TPSA) is 26.3 Å². The van der Waals surface area contributed by atoms with Crippen molar-refractivity contribution in [1.29, 1.82) is 0 Å². The van der Waals surface area contributed by atoms with E-state index in [1.165, 1.54) is 12.8 Å². The van der Waals surface area contributed by atoms with Crippen molar-refractivity contribution in [3.8, 4) is 0 Å². The van der Waals surface area contributed by atoms with Crippen LogP contribution in [0, 0.1) is 0 Å². The lowest BCUT2D eigenvalue weighted by Crippen LogP contribution is -2.02. The monoisotopic (exact) mass is 224 g/mol. The Morgan fingerprint density at radius 3 is 2.54 bits per heavy atom. The maximum absolute atomic E-state index is 10.8. The van der Waals surface area contributed by atoms with E-state index < -0.39 is 5.97 Å². The van der Waals surface area contributed by atoms with E-state index in [4.69, 9.17) is 27.9 Å². The van der Waals surface area contributed by atoms with E-state index in [0.29, 0.717) is 6.61 Å². The zero-order valence-corrected chi connectivity index (χ0v) is 9.20. The number of rotatable bonds is 6.